The average Bonchev–Trinajstić information content (AvgIpc) is 2.96. The number of unbranched alkanes of at least 4 members (excludes halogenated alkanes) is 3. The Morgan fingerprint density at radius 2 is 2.16 bits per heavy atom. The molecule has 0 saturated heterocycles. The first kappa shape index (κ1) is 13.6. The molecule has 1 fully saturated rings. The Bertz CT molecular complexity index is 387. The zero-order valence-corrected chi connectivity index (χ0v) is 12.9. The van der Waals surface area contributed by atoms with E-state index in [-0.39, 0.29) is 0 Å². The van der Waals surface area contributed by atoms with Gasteiger partial charge in [0.1, 0.15) is 5.01 Å². The molecule has 1 unspecified atom stereocenters. The van der Waals surface area contributed by atoms with Crippen LogP contribution in [0.3, 0.4) is 0 Å². The first-order valence-corrected chi connectivity index (χ1v) is 8.93. The summed E-state index contributed by atoms with van der Waals surface area (Å²) in [5.74, 6) is 0. The number of rotatable bonds is 8. The molecule has 0 bridgehead atoms. The molecule has 0 aromatic carbocycles. The van der Waals surface area contributed by atoms with E-state index in [1.54, 1.807) is 4.88 Å². The number of fused-ring (bicyclic) bond motifs is 1. The van der Waals surface area contributed by atoms with Gasteiger partial charge in [0.15, 0.2) is 0 Å². The van der Waals surface area contributed by atoms with Crippen molar-refractivity contribution in [2.24, 2.45) is 0 Å². The molecule has 1 atom stereocenters. The van der Waals surface area contributed by atoms with Crippen molar-refractivity contribution in [2.75, 3.05) is 0 Å². The first-order chi connectivity index (χ1) is 9.36. The van der Waals surface area contributed by atoms with Gasteiger partial charge >= 0.3 is 0 Å². The SMILES string of the molecule is CCCCCCC(NC1CC1)c1nc2c(s1)CCC2. The minimum absolute atomic E-state index is 0.542. The van der Waals surface area contributed by atoms with Gasteiger partial charge in [-0.15, -0.1) is 11.3 Å². The van der Waals surface area contributed by atoms with Crippen molar-refractivity contribution in [1.29, 1.82) is 0 Å². The van der Waals surface area contributed by atoms with Gasteiger partial charge in [0.2, 0.25) is 0 Å². The molecule has 2 nitrogen and oxygen atoms in total. The number of nitrogens with zero attached hydrogens (tertiary/aromatic N) is 1. The molecule has 1 aromatic rings. The lowest BCUT2D eigenvalue weighted by Crippen LogP contribution is -2.23. The predicted octanol–water partition coefficient (Wildman–Crippen LogP) is 4.40. The third-order valence-corrected chi connectivity index (χ3v) is 5.54. The quantitative estimate of drug-likeness (QED) is 0.713. The van der Waals surface area contributed by atoms with Gasteiger partial charge in [0, 0.05) is 10.9 Å². The molecule has 106 valence electrons. The average molecular weight is 278 g/mol. The maximum absolute atomic E-state index is 4.93. The summed E-state index contributed by atoms with van der Waals surface area (Å²) in [7, 11) is 0. The van der Waals surface area contributed by atoms with Crippen LogP contribution in [0.25, 0.3) is 0 Å². The fourth-order valence-electron chi connectivity index (χ4n) is 2.95. The van der Waals surface area contributed by atoms with Crippen LogP contribution in [0.5, 0.6) is 0 Å². The number of hydrogen-bond donors (Lipinski definition) is 1. The van der Waals surface area contributed by atoms with Crippen LogP contribution in [-0.2, 0) is 12.8 Å². The Labute approximate surface area is 121 Å². The maximum atomic E-state index is 4.93. The summed E-state index contributed by atoms with van der Waals surface area (Å²) < 4.78 is 0. The molecule has 19 heavy (non-hydrogen) atoms. The second-order valence-corrected chi connectivity index (χ2v) is 7.23. The molecular formula is C16H26N2S. The standard InChI is InChI=1S/C16H26N2S/c1-2-3-4-5-7-14(17-12-10-11-12)16-18-13-8-6-9-15(13)19-16/h12,14,17H,2-11H2,1H3. The summed E-state index contributed by atoms with van der Waals surface area (Å²) in [4.78, 5) is 6.50. The molecule has 3 heteroatoms. The molecule has 0 radical (unpaired) electrons. The lowest BCUT2D eigenvalue weighted by atomic mass is 10.1. The highest BCUT2D eigenvalue weighted by Gasteiger charge is 2.28. The molecule has 0 aliphatic heterocycles. The first-order valence-electron chi connectivity index (χ1n) is 8.11. The molecule has 0 spiro atoms. The summed E-state index contributed by atoms with van der Waals surface area (Å²) in [6.45, 7) is 2.28. The van der Waals surface area contributed by atoms with Gasteiger partial charge in [-0.25, -0.2) is 4.98 Å². The van der Waals surface area contributed by atoms with Crippen molar-refractivity contribution in [1.82, 2.24) is 10.3 Å². The maximum Gasteiger partial charge on any atom is 0.110 e. The Hall–Kier alpha value is -0.410. The minimum Gasteiger partial charge on any atom is -0.305 e. The van der Waals surface area contributed by atoms with Crippen LogP contribution < -0.4 is 5.32 Å². The van der Waals surface area contributed by atoms with E-state index in [4.69, 9.17) is 4.98 Å². The molecule has 3 rings (SSSR count). The lowest BCUT2D eigenvalue weighted by Gasteiger charge is -2.16. The summed E-state index contributed by atoms with van der Waals surface area (Å²) in [6, 6.07) is 1.33. The van der Waals surface area contributed by atoms with E-state index in [0.29, 0.717) is 6.04 Å². The zero-order chi connectivity index (χ0) is 13.1. The molecule has 1 heterocycles. The third kappa shape index (κ3) is 3.57. The van der Waals surface area contributed by atoms with Crippen LogP contribution in [0.15, 0.2) is 0 Å². The Morgan fingerprint density at radius 1 is 1.26 bits per heavy atom. The van der Waals surface area contributed by atoms with Crippen LogP contribution >= 0.6 is 11.3 Å². The van der Waals surface area contributed by atoms with Crippen molar-refractivity contribution < 1.29 is 0 Å². The zero-order valence-electron chi connectivity index (χ0n) is 12.1. The molecule has 2 aliphatic rings. The van der Waals surface area contributed by atoms with Gasteiger partial charge in [-0.1, -0.05) is 32.6 Å². The Morgan fingerprint density at radius 3 is 2.89 bits per heavy atom. The van der Waals surface area contributed by atoms with Gasteiger partial charge < -0.3 is 5.32 Å². The smallest absolute Gasteiger partial charge is 0.110 e. The van der Waals surface area contributed by atoms with Gasteiger partial charge in [0.05, 0.1) is 11.7 Å². The van der Waals surface area contributed by atoms with Crippen LogP contribution in [-0.4, -0.2) is 11.0 Å². The van der Waals surface area contributed by atoms with Crippen molar-refractivity contribution >= 4 is 11.3 Å². The van der Waals surface area contributed by atoms with E-state index in [9.17, 15) is 0 Å². The highest BCUT2D eigenvalue weighted by molar-refractivity contribution is 7.11. The van der Waals surface area contributed by atoms with Gasteiger partial charge in [-0.2, -0.15) is 0 Å². The van der Waals surface area contributed by atoms with Gasteiger partial charge in [-0.05, 0) is 38.5 Å². The van der Waals surface area contributed by atoms with Crippen molar-refractivity contribution in [3.8, 4) is 0 Å². The second-order valence-electron chi connectivity index (χ2n) is 6.12. The fraction of sp³-hybridized carbons (Fsp3) is 0.812. The summed E-state index contributed by atoms with van der Waals surface area (Å²) in [6.07, 6.45) is 13.3. The molecule has 1 aromatic heterocycles. The van der Waals surface area contributed by atoms with Crippen molar-refractivity contribution in [2.45, 2.75) is 83.2 Å². The number of nitrogens with one attached hydrogen (secondary N) is 1. The minimum atomic E-state index is 0.542. The lowest BCUT2D eigenvalue weighted by molar-refractivity contribution is 0.465. The molecular weight excluding hydrogens is 252 g/mol. The molecule has 0 amide bonds. The van der Waals surface area contributed by atoms with Gasteiger partial charge in [-0.3, -0.25) is 0 Å². The van der Waals surface area contributed by atoms with Crippen LogP contribution in [0.4, 0.5) is 0 Å². The highest BCUT2D eigenvalue weighted by Crippen LogP contribution is 2.34. The third-order valence-electron chi connectivity index (χ3n) is 4.27. The Kier molecular flexibility index (Phi) is 4.54. The molecule has 2 aliphatic carbocycles. The molecule has 1 N–H and O–H groups in total. The van der Waals surface area contributed by atoms with E-state index in [0.717, 1.165) is 6.04 Å². The fourth-order valence-corrected chi connectivity index (χ4v) is 4.20. The van der Waals surface area contributed by atoms with E-state index in [2.05, 4.69) is 12.2 Å². The largest absolute Gasteiger partial charge is 0.305 e. The van der Waals surface area contributed by atoms with Crippen molar-refractivity contribution in [3.63, 3.8) is 0 Å². The van der Waals surface area contributed by atoms with E-state index < -0.39 is 0 Å². The number of aromatic nitrogens is 1. The number of thiazole rings is 1. The Balaban J connectivity index is 1.59. The second kappa shape index (κ2) is 6.36. The summed E-state index contributed by atoms with van der Waals surface area (Å²) in [5.41, 5.74) is 1.41. The van der Waals surface area contributed by atoms with E-state index in [1.807, 2.05) is 11.3 Å². The highest BCUT2D eigenvalue weighted by atomic mass is 32.1. The summed E-state index contributed by atoms with van der Waals surface area (Å²) >= 11 is 1.99. The van der Waals surface area contributed by atoms with E-state index >= 15 is 0 Å². The summed E-state index contributed by atoms with van der Waals surface area (Å²) in [5, 5.41) is 5.20. The van der Waals surface area contributed by atoms with Crippen LogP contribution in [0.1, 0.15) is 79.9 Å². The van der Waals surface area contributed by atoms with E-state index in [1.165, 1.54) is 74.9 Å². The predicted molar refractivity (Wildman–Crippen MR) is 81.8 cm³/mol. The monoisotopic (exact) mass is 278 g/mol. The van der Waals surface area contributed by atoms with Gasteiger partial charge in [0.25, 0.3) is 0 Å². The van der Waals surface area contributed by atoms with Crippen molar-refractivity contribution in [3.05, 3.63) is 15.6 Å². The topological polar surface area (TPSA) is 24.9 Å². The number of aryl methyl sites for hydroxylation is 2. The normalized spacial score (nSPS) is 19.6. The number of hydrogen-bond acceptors (Lipinski definition) is 3. The van der Waals surface area contributed by atoms with Crippen LogP contribution in [0, 0.1) is 0 Å². The van der Waals surface area contributed by atoms with Crippen LogP contribution in [0.2, 0.25) is 0 Å². The molecule has 1 saturated carbocycles.